The molecule has 0 spiro atoms. The van der Waals surface area contributed by atoms with Crippen LogP contribution < -0.4 is 4.74 Å². The molecule has 0 fully saturated rings. The monoisotopic (exact) mass is 273 g/mol. The topological polar surface area (TPSA) is 52.3 Å². The van der Waals surface area contributed by atoms with Crippen LogP contribution in [0, 0.1) is 11.6 Å². The van der Waals surface area contributed by atoms with Gasteiger partial charge >= 0.3 is 11.9 Å². The first kappa shape index (κ1) is 12.5. The Labute approximate surface area is 105 Å². The molecular weight excluding hydrogens is 268 g/mol. The van der Waals surface area contributed by atoms with E-state index in [1.165, 1.54) is 0 Å². The van der Waals surface area contributed by atoms with Gasteiger partial charge < -0.3 is 9.26 Å². The molecule has 94 valence electrons. The maximum absolute atomic E-state index is 13.7. The van der Waals surface area contributed by atoms with E-state index in [0.717, 1.165) is 25.1 Å². The molecule has 0 saturated heterocycles. The number of carbonyl (C=O) groups excluding carboxylic acids is 1. The molecule has 0 aliphatic heterocycles. The molecule has 0 unspecified atom stereocenters. The Kier molecular flexibility index (Phi) is 3.29. The predicted molar refractivity (Wildman–Crippen MR) is 58.2 cm³/mol. The van der Waals surface area contributed by atoms with Crippen LogP contribution in [0.1, 0.15) is 6.92 Å². The molecule has 2 aromatic rings. The van der Waals surface area contributed by atoms with E-state index in [0.29, 0.717) is 0 Å². The number of halogens is 3. The van der Waals surface area contributed by atoms with E-state index >= 15 is 0 Å². The number of ether oxygens (including phenoxy) is 1. The summed E-state index contributed by atoms with van der Waals surface area (Å²) in [7, 11) is 0. The lowest BCUT2D eigenvalue weighted by Gasteiger charge is -2.01. The average Bonchev–Trinajstić information content (AvgIpc) is 2.71. The lowest BCUT2D eigenvalue weighted by Crippen LogP contribution is -1.99. The number of carbonyl (C=O) groups is 1. The fourth-order valence-electron chi connectivity index (χ4n) is 1.33. The van der Waals surface area contributed by atoms with Crippen molar-refractivity contribution in [2.45, 2.75) is 6.92 Å². The number of esters is 1. The zero-order chi connectivity index (χ0) is 13.3. The zero-order valence-corrected chi connectivity index (χ0v) is 9.79. The van der Waals surface area contributed by atoms with Crippen molar-refractivity contribution in [3.63, 3.8) is 0 Å². The molecule has 0 radical (unpaired) electrons. The summed E-state index contributed by atoms with van der Waals surface area (Å²) < 4.78 is 36.3. The van der Waals surface area contributed by atoms with Crippen molar-refractivity contribution in [2.75, 3.05) is 0 Å². The first-order valence-electron chi connectivity index (χ1n) is 4.78. The van der Waals surface area contributed by atoms with Crippen LogP contribution >= 0.6 is 11.6 Å². The fraction of sp³-hybridized carbons (Fsp3) is 0.0909. The third-order valence-corrected chi connectivity index (χ3v) is 2.32. The van der Waals surface area contributed by atoms with Crippen molar-refractivity contribution < 1.29 is 22.8 Å². The SMILES string of the molecule is CC(=O)Oc1cc(-c2c(F)ccc(Cl)c2F)no1. The summed E-state index contributed by atoms with van der Waals surface area (Å²) in [5, 5.41) is 3.16. The second-order valence-electron chi connectivity index (χ2n) is 3.34. The van der Waals surface area contributed by atoms with E-state index in [-0.39, 0.29) is 16.7 Å². The van der Waals surface area contributed by atoms with E-state index in [2.05, 4.69) is 14.4 Å². The first-order chi connectivity index (χ1) is 8.49. The van der Waals surface area contributed by atoms with E-state index in [9.17, 15) is 13.6 Å². The molecule has 0 aliphatic rings. The molecule has 18 heavy (non-hydrogen) atoms. The van der Waals surface area contributed by atoms with Crippen molar-refractivity contribution >= 4 is 17.6 Å². The van der Waals surface area contributed by atoms with Gasteiger partial charge in [0.25, 0.3) is 0 Å². The van der Waals surface area contributed by atoms with Gasteiger partial charge in [0.15, 0.2) is 5.82 Å². The Balaban J connectivity index is 2.46. The highest BCUT2D eigenvalue weighted by Crippen LogP contribution is 2.31. The summed E-state index contributed by atoms with van der Waals surface area (Å²) in [6.07, 6.45) is 0. The molecule has 0 saturated carbocycles. The fourth-order valence-corrected chi connectivity index (χ4v) is 1.49. The summed E-state index contributed by atoms with van der Waals surface area (Å²) in [4.78, 5) is 10.7. The first-order valence-corrected chi connectivity index (χ1v) is 5.16. The molecule has 0 bridgehead atoms. The molecule has 0 N–H and O–H groups in total. The van der Waals surface area contributed by atoms with Crippen LogP contribution in [0.15, 0.2) is 22.7 Å². The molecule has 0 aliphatic carbocycles. The quantitative estimate of drug-likeness (QED) is 0.623. The highest BCUT2D eigenvalue weighted by molar-refractivity contribution is 6.31. The highest BCUT2D eigenvalue weighted by Gasteiger charge is 2.19. The van der Waals surface area contributed by atoms with Gasteiger partial charge in [-0.3, -0.25) is 4.79 Å². The lowest BCUT2D eigenvalue weighted by molar-refractivity contribution is -0.133. The zero-order valence-electron chi connectivity index (χ0n) is 9.04. The summed E-state index contributed by atoms with van der Waals surface area (Å²) in [6, 6.07) is 3.18. The maximum Gasteiger partial charge on any atom is 0.319 e. The second kappa shape index (κ2) is 4.73. The largest absolute Gasteiger partial charge is 0.391 e. The number of aromatic nitrogens is 1. The summed E-state index contributed by atoms with van der Waals surface area (Å²) >= 11 is 5.54. The Morgan fingerprint density at radius 3 is 2.83 bits per heavy atom. The van der Waals surface area contributed by atoms with Gasteiger partial charge in [-0.25, -0.2) is 8.78 Å². The van der Waals surface area contributed by atoms with Gasteiger partial charge in [0.1, 0.15) is 11.5 Å². The Morgan fingerprint density at radius 1 is 1.44 bits per heavy atom. The average molecular weight is 274 g/mol. The molecule has 1 aromatic carbocycles. The van der Waals surface area contributed by atoms with Gasteiger partial charge in [0.05, 0.1) is 16.7 Å². The van der Waals surface area contributed by atoms with Crippen LogP contribution in [0.4, 0.5) is 8.78 Å². The molecule has 4 nitrogen and oxygen atoms in total. The normalized spacial score (nSPS) is 10.4. The van der Waals surface area contributed by atoms with Crippen LogP contribution in [0.2, 0.25) is 5.02 Å². The maximum atomic E-state index is 13.7. The van der Waals surface area contributed by atoms with E-state index in [1.54, 1.807) is 0 Å². The molecule has 7 heteroatoms. The Bertz CT molecular complexity index is 612. The molecule has 2 rings (SSSR count). The number of nitrogens with zero attached hydrogens (tertiary/aromatic N) is 1. The third-order valence-electron chi connectivity index (χ3n) is 2.03. The van der Waals surface area contributed by atoms with Crippen LogP contribution in [-0.2, 0) is 4.79 Å². The van der Waals surface area contributed by atoms with Crippen molar-refractivity contribution in [2.24, 2.45) is 0 Å². The minimum absolute atomic E-state index is 0.149. The number of hydrogen-bond donors (Lipinski definition) is 0. The summed E-state index contributed by atoms with van der Waals surface area (Å²) in [6.45, 7) is 1.16. The van der Waals surface area contributed by atoms with Crippen molar-refractivity contribution in [3.05, 3.63) is 34.9 Å². The molecule has 1 aromatic heterocycles. The number of rotatable bonds is 2. The van der Waals surface area contributed by atoms with E-state index < -0.39 is 23.2 Å². The number of hydrogen-bond acceptors (Lipinski definition) is 4. The van der Waals surface area contributed by atoms with Crippen LogP contribution in [0.5, 0.6) is 5.95 Å². The standard InChI is InChI=1S/C11H6ClF2NO3/c1-5(16)17-9-4-8(15-18-9)10-7(13)3-2-6(12)11(10)14/h2-4H,1H3. The third kappa shape index (κ3) is 2.33. The van der Waals surface area contributed by atoms with Crippen molar-refractivity contribution in [1.82, 2.24) is 5.16 Å². The molecule has 0 amide bonds. The second-order valence-corrected chi connectivity index (χ2v) is 3.75. The van der Waals surface area contributed by atoms with Gasteiger partial charge in [-0.2, -0.15) is 0 Å². The Morgan fingerprint density at radius 2 is 2.17 bits per heavy atom. The van der Waals surface area contributed by atoms with Gasteiger partial charge in [0.2, 0.25) is 0 Å². The van der Waals surface area contributed by atoms with Gasteiger partial charge in [-0.05, 0) is 12.1 Å². The molecule has 1 heterocycles. The van der Waals surface area contributed by atoms with Crippen molar-refractivity contribution in [3.8, 4) is 17.2 Å². The minimum atomic E-state index is -0.959. The van der Waals surface area contributed by atoms with Gasteiger partial charge in [-0.1, -0.05) is 16.8 Å². The van der Waals surface area contributed by atoms with Gasteiger partial charge in [-0.15, -0.1) is 0 Å². The minimum Gasteiger partial charge on any atom is -0.391 e. The number of benzene rings is 1. The van der Waals surface area contributed by atoms with Crippen LogP contribution in [-0.4, -0.2) is 11.1 Å². The van der Waals surface area contributed by atoms with Crippen LogP contribution in [0.3, 0.4) is 0 Å². The van der Waals surface area contributed by atoms with E-state index in [1.807, 2.05) is 0 Å². The Hall–Kier alpha value is -1.95. The molecular formula is C11H6ClF2NO3. The van der Waals surface area contributed by atoms with Gasteiger partial charge in [0, 0.05) is 6.92 Å². The predicted octanol–water partition coefficient (Wildman–Crippen LogP) is 3.20. The highest BCUT2D eigenvalue weighted by atomic mass is 35.5. The summed E-state index contributed by atoms with van der Waals surface area (Å²) in [5.74, 6) is -2.69. The van der Waals surface area contributed by atoms with Crippen molar-refractivity contribution in [1.29, 1.82) is 0 Å². The summed E-state index contributed by atoms with van der Waals surface area (Å²) in [5.41, 5.74) is -0.589. The van der Waals surface area contributed by atoms with E-state index in [4.69, 9.17) is 11.6 Å². The molecule has 0 atom stereocenters. The smallest absolute Gasteiger partial charge is 0.319 e. The lowest BCUT2D eigenvalue weighted by atomic mass is 10.1. The van der Waals surface area contributed by atoms with Crippen LogP contribution in [0.25, 0.3) is 11.3 Å².